The second-order valence-corrected chi connectivity index (χ2v) is 9.76. The molecule has 1 saturated heterocycles. The molecule has 184 valence electrons. The Labute approximate surface area is 206 Å². The van der Waals surface area contributed by atoms with Gasteiger partial charge in [-0.25, -0.2) is 0 Å². The van der Waals surface area contributed by atoms with Crippen molar-refractivity contribution in [2.75, 3.05) is 39.9 Å². The van der Waals surface area contributed by atoms with Crippen molar-refractivity contribution in [3.63, 3.8) is 0 Å². The molecule has 0 saturated carbocycles. The van der Waals surface area contributed by atoms with Gasteiger partial charge in [0, 0.05) is 12.6 Å². The summed E-state index contributed by atoms with van der Waals surface area (Å²) in [5.41, 5.74) is 1.69. The fourth-order valence-corrected chi connectivity index (χ4v) is 5.00. The number of likely N-dealkylation sites (tertiary alicyclic amines) is 1. The summed E-state index contributed by atoms with van der Waals surface area (Å²) in [5.74, 6) is 2.03. The van der Waals surface area contributed by atoms with Gasteiger partial charge in [0.05, 0.1) is 18.6 Å². The van der Waals surface area contributed by atoms with Crippen LogP contribution in [0.2, 0.25) is 0 Å². The number of rotatable bonds is 12. The molecule has 0 aliphatic carbocycles. The standard InChI is InChI=1S/C29H41N3O2/c1-23(2)29(22-30,25-12-11-24(3)28(21-25)33-4)15-8-17-32-18-13-26(14-19-32)31-16-20-34-27-9-6-5-7-10-27/h5-7,9-12,21,23,26,31H,8,13-20H2,1-4H3. The van der Waals surface area contributed by atoms with Gasteiger partial charge in [0.1, 0.15) is 18.1 Å². The maximum atomic E-state index is 10.3. The summed E-state index contributed by atoms with van der Waals surface area (Å²) in [6, 6.07) is 19.5. The normalized spacial score (nSPS) is 16.7. The third kappa shape index (κ3) is 6.74. The van der Waals surface area contributed by atoms with Crippen molar-refractivity contribution in [3.8, 4) is 17.6 Å². The van der Waals surface area contributed by atoms with E-state index in [2.05, 4.69) is 48.3 Å². The Morgan fingerprint density at radius 2 is 1.88 bits per heavy atom. The molecule has 5 nitrogen and oxygen atoms in total. The van der Waals surface area contributed by atoms with Crippen molar-refractivity contribution in [2.45, 2.75) is 57.9 Å². The molecule has 1 fully saturated rings. The summed E-state index contributed by atoms with van der Waals surface area (Å²) in [6.07, 6.45) is 4.20. The number of benzene rings is 2. The molecule has 1 aliphatic rings. The Bertz CT molecular complexity index is 917. The molecule has 0 spiro atoms. The van der Waals surface area contributed by atoms with Crippen molar-refractivity contribution in [1.29, 1.82) is 5.26 Å². The van der Waals surface area contributed by atoms with Gasteiger partial charge in [-0.1, -0.05) is 44.2 Å². The number of hydrogen-bond donors (Lipinski definition) is 1. The van der Waals surface area contributed by atoms with Crippen molar-refractivity contribution >= 4 is 0 Å². The molecule has 2 aromatic carbocycles. The number of para-hydroxylation sites is 1. The highest BCUT2D eigenvalue weighted by atomic mass is 16.5. The van der Waals surface area contributed by atoms with Crippen LogP contribution in [0.5, 0.6) is 11.5 Å². The van der Waals surface area contributed by atoms with E-state index >= 15 is 0 Å². The molecule has 5 heteroatoms. The van der Waals surface area contributed by atoms with Crippen LogP contribution in [0.25, 0.3) is 0 Å². The van der Waals surface area contributed by atoms with E-state index in [-0.39, 0.29) is 5.92 Å². The predicted octanol–water partition coefficient (Wildman–Crippen LogP) is 5.33. The smallest absolute Gasteiger partial charge is 0.122 e. The molecule has 1 atom stereocenters. The predicted molar refractivity (Wildman–Crippen MR) is 138 cm³/mol. The minimum atomic E-state index is -0.486. The summed E-state index contributed by atoms with van der Waals surface area (Å²) in [6.45, 7) is 11.2. The zero-order chi connectivity index (χ0) is 24.4. The van der Waals surface area contributed by atoms with Gasteiger partial charge in [-0.05, 0) is 87.5 Å². The van der Waals surface area contributed by atoms with Crippen LogP contribution in [-0.4, -0.2) is 50.8 Å². The summed E-state index contributed by atoms with van der Waals surface area (Å²) in [7, 11) is 1.70. The molecular formula is C29H41N3O2. The largest absolute Gasteiger partial charge is 0.496 e. The van der Waals surface area contributed by atoms with Crippen LogP contribution < -0.4 is 14.8 Å². The van der Waals surface area contributed by atoms with Crippen molar-refractivity contribution in [2.24, 2.45) is 5.92 Å². The highest BCUT2D eigenvalue weighted by molar-refractivity contribution is 5.43. The molecule has 34 heavy (non-hydrogen) atoms. The third-order valence-electron chi connectivity index (χ3n) is 7.29. The van der Waals surface area contributed by atoms with Crippen LogP contribution in [0.15, 0.2) is 48.5 Å². The topological polar surface area (TPSA) is 57.5 Å². The number of nitrogens with one attached hydrogen (secondary N) is 1. The Morgan fingerprint density at radius 1 is 1.15 bits per heavy atom. The third-order valence-corrected chi connectivity index (χ3v) is 7.29. The maximum Gasteiger partial charge on any atom is 0.122 e. The second-order valence-electron chi connectivity index (χ2n) is 9.76. The molecule has 1 aliphatic heterocycles. The molecule has 1 unspecified atom stereocenters. The highest BCUT2D eigenvalue weighted by Crippen LogP contribution is 2.38. The molecular weight excluding hydrogens is 422 g/mol. The van der Waals surface area contributed by atoms with Crippen molar-refractivity contribution in [3.05, 3.63) is 59.7 Å². The van der Waals surface area contributed by atoms with Crippen LogP contribution in [0.4, 0.5) is 0 Å². The number of piperidine rings is 1. The Morgan fingerprint density at radius 3 is 2.53 bits per heavy atom. The van der Waals surface area contributed by atoms with E-state index in [1.54, 1.807) is 7.11 Å². The molecule has 1 heterocycles. The van der Waals surface area contributed by atoms with Gasteiger partial charge in [0.15, 0.2) is 0 Å². The van der Waals surface area contributed by atoms with E-state index in [0.29, 0.717) is 12.6 Å². The first kappa shape index (κ1) is 26.1. The molecule has 0 bridgehead atoms. The molecule has 0 aromatic heterocycles. The first-order valence-electron chi connectivity index (χ1n) is 12.7. The fraction of sp³-hybridized carbons (Fsp3) is 0.552. The van der Waals surface area contributed by atoms with Gasteiger partial charge in [-0.2, -0.15) is 5.26 Å². The van der Waals surface area contributed by atoms with Crippen LogP contribution in [0.3, 0.4) is 0 Å². The lowest BCUT2D eigenvalue weighted by molar-refractivity contribution is 0.184. The number of hydrogen-bond acceptors (Lipinski definition) is 5. The van der Waals surface area contributed by atoms with E-state index in [1.807, 2.05) is 37.3 Å². The van der Waals surface area contributed by atoms with Gasteiger partial charge in [0.2, 0.25) is 0 Å². The molecule has 3 rings (SSSR count). The lowest BCUT2D eigenvalue weighted by Crippen LogP contribution is -2.44. The van der Waals surface area contributed by atoms with Gasteiger partial charge < -0.3 is 19.7 Å². The Kier molecular flexibility index (Phi) is 9.80. The van der Waals surface area contributed by atoms with E-state index in [1.165, 1.54) is 0 Å². The number of ether oxygens (including phenoxy) is 2. The van der Waals surface area contributed by atoms with Crippen LogP contribution in [-0.2, 0) is 5.41 Å². The molecule has 0 radical (unpaired) electrons. The van der Waals surface area contributed by atoms with Gasteiger partial charge >= 0.3 is 0 Å². The fourth-order valence-electron chi connectivity index (χ4n) is 5.00. The van der Waals surface area contributed by atoms with E-state index in [4.69, 9.17) is 9.47 Å². The Hall–Kier alpha value is -2.55. The number of nitrogens with zero attached hydrogens (tertiary/aromatic N) is 2. The Balaban J connectivity index is 1.43. The molecule has 1 N–H and O–H groups in total. The van der Waals surface area contributed by atoms with Gasteiger partial charge in [0.25, 0.3) is 0 Å². The van der Waals surface area contributed by atoms with Crippen molar-refractivity contribution < 1.29 is 9.47 Å². The SMILES string of the molecule is COc1cc(C(C#N)(CCCN2CCC(NCCOc3ccccc3)CC2)C(C)C)ccc1C. The van der Waals surface area contributed by atoms with E-state index < -0.39 is 5.41 Å². The number of nitriles is 1. The summed E-state index contributed by atoms with van der Waals surface area (Å²) in [4.78, 5) is 2.55. The van der Waals surface area contributed by atoms with Crippen LogP contribution in [0, 0.1) is 24.2 Å². The average molecular weight is 464 g/mol. The average Bonchev–Trinajstić information content (AvgIpc) is 2.86. The highest BCUT2D eigenvalue weighted by Gasteiger charge is 2.36. The minimum Gasteiger partial charge on any atom is -0.496 e. The quantitative estimate of drug-likeness (QED) is 0.431. The van der Waals surface area contributed by atoms with E-state index in [9.17, 15) is 5.26 Å². The lowest BCUT2D eigenvalue weighted by Gasteiger charge is -2.35. The monoisotopic (exact) mass is 463 g/mol. The minimum absolute atomic E-state index is 0.234. The van der Waals surface area contributed by atoms with Crippen LogP contribution in [0.1, 0.15) is 50.7 Å². The van der Waals surface area contributed by atoms with Gasteiger partial charge in [-0.15, -0.1) is 0 Å². The summed E-state index contributed by atoms with van der Waals surface area (Å²) >= 11 is 0. The zero-order valence-electron chi connectivity index (χ0n) is 21.3. The number of methoxy groups -OCH3 is 1. The molecule has 2 aromatic rings. The second kappa shape index (κ2) is 12.8. The van der Waals surface area contributed by atoms with Gasteiger partial charge in [-0.3, -0.25) is 0 Å². The molecule has 0 amide bonds. The number of aryl methyl sites for hydroxylation is 1. The first-order valence-corrected chi connectivity index (χ1v) is 12.7. The van der Waals surface area contributed by atoms with Crippen LogP contribution >= 0.6 is 0 Å². The first-order chi connectivity index (χ1) is 16.5. The van der Waals surface area contributed by atoms with Crippen molar-refractivity contribution in [1.82, 2.24) is 10.2 Å². The van der Waals surface area contributed by atoms with E-state index in [0.717, 1.165) is 74.5 Å². The maximum absolute atomic E-state index is 10.3. The zero-order valence-corrected chi connectivity index (χ0v) is 21.3. The summed E-state index contributed by atoms with van der Waals surface area (Å²) in [5, 5.41) is 13.9. The summed E-state index contributed by atoms with van der Waals surface area (Å²) < 4.78 is 11.3. The lowest BCUT2D eigenvalue weighted by atomic mass is 9.69.